The number of anilines is 1. The molecule has 1 unspecified atom stereocenters. The van der Waals surface area contributed by atoms with Gasteiger partial charge in [0.25, 0.3) is 5.91 Å². The standard InChI is InChI=1S/C13H20N2O/c1-4-6-10(2)15(3)13(16)11-7-5-8-12(14)9-11/h5,7-10H,4,6,14H2,1-3H3. The Kier molecular flexibility index (Phi) is 4.35. The van der Waals surface area contributed by atoms with Crippen LogP contribution in [0.3, 0.4) is 0 Å². The van der Waals surface area contributed by atoms with E-state index in [4.69, 9.17) is 5.73 Å². The molecule has 0 aliphatic carbocycles. The summed E-state index contributed by atoms with van der Waals surface area (Å²) >= 11 is 0. The van der Waals surface area contributed by atoms with Crippen LogP contribution in [0.5, 0.6) is 0 Å². The Morgan fingerprint density at radius 1 is 1.50 bits per heavy atom. The normalized spacial score (nSPS) is 12.2. The van der Waals surface area contributed by atoms with Gasteiger partial charge in [0, 0.05) is 24.3 Å². The molecule has 1 rings (SSSR count). The van der Waals surface area contributed by atoms with Crippen LogP contribution >= 0.6 is 0 Å². The second-order valence-corrected chi connectivity index (χ2v) is 4.18. The minimum Gasteiger partial charge on any atom is -0.399 e. The quantitative estimate of drug-likeness (QED) is 0.792. The van der Waals surface area contributed by atoms with Gasteiger partial charge in [-0.2, -0.15) is 0 Å². The zero-order chi connectivity index (χ0) is 12.1. The number of nitrogen functional groups attached to an aromatic ring is 1. The fourth-order valence-corrected chi connectivity index (χ4v) is 1.69. The molecule has 1 aromatic rings. The van der Waals surface area contributed by atoms with Crippen LogP contribution in [-0.2, 0) is 0 Å². The molecule has 3 heteroatoms. The smallest absolute Gasteiger partial charge is 0.253 e. The number of benzene rings is 1. The van der Waals surface area contributed by atoms with Crippen molar-refractivity contribution < 1.29 is 4.79 Å². The Morgan fingerprint density at radius 2 is 2.19 bits per heavy atom. The van der Waals surface area contributed by atoms with Crippen LogP contribution in [0.4, 0.5) is 5.69 Å². The Balaban J connectivity index is 2.77. The summed E-state index contributed by atoms with van der Waals surface area (Å²) in [6.07, 6.45) is 2.10. The van der Waals surface area contributed by atoms with Gasteiger partial charge in [0.1, 0.15) is 0 Å². The van der Waals surface area contributed by atoms with Crippen LogP contribution in [0.1, 0.15) is 37.0 Å². The molecule has 2 N–H and O–H groups in total. The lowest BCUT2D eigenvalue weighted by Crippen LogP contribution is -2.34. The summed E-state index contributed by atoms with van der Waals surface area (Å²) in [5, 5.41) is 0. The van der Waals surface area contributed by atoms with Crippen molar-refractivity contribution in [1.82, 2.24) is 4.90 Å². The molecule has 0 saturated heterocycles. The molecule has 0 radical (unpaired) electrons. The van der Waals surface area contributed by atoms with Gasteiger partial charge in [0.2, 0.25) is 0 Å². The van der Waals surface area contributed by atoms with Gasteiger partial charge in [0.15, 0.2) is 0 Å². The van der Waals surface area contributed by atoms with Gasteiger partial charge in [-0.15, -0.1) is 0 Å². The molecule has 0 aliphatic rings. The average Bonchev–Trinajstić information content (AvgIpc) is 2.27. The van der Waals surface area contributed by atoms with Gasteiger partial charge >= 0.3 is 0 Å². The van der Waals surface area contributed by atoms with Crippen molar-refractivity contribution in [3.05, 3.63) is 29.8 Å². The predicted octanol–water partition coefficient (Wildman–Crippen LogP) is 2.53. The highest BCUT2D eigenvalue weighted by molar-refractivity contribution is 5.95. The van der Waals surface area contributed by atoms with Crippen LogP contribution in [0.2, 0.25) is 0 Å². The molecular weight excluding hydrogens is 200 g/mol. The Labute approximate surface area is 97.2 Å². The van der Waals surface area contributed by atoms with E-state index < -0.39 is 0 Å². The first-order chi connectivity index (χ1) is 7.56. The molecule has 3 nitrogen and oxygen atoms in total. The molecule has 0 saturated carbocycles. The van der Waals surface area contributed by atoms with Crippen LogP contribution in [0, 0.1) is 0 Å². The lowest BCUT2D eigenvalue weighted by Gasteiger charge is -2.24. The second-order valence-electron chi connectivity index (χ2n) is 4.18. The summed E-state index contributed by atoms with van der Waals surface area (Å²) in [5.41, 5.74) is 6.95. The van der Waals surface area contributed by atoms with Gasteiger partial charge in [0.05, 0.1) is 0 Å². The lowest BCUT2D eigenvalue weighted by molar-refractivity contribution is 0.0737. The first-order valence-electron chi connectivity index (χ1n) is 5.69. The number of carbonyl (C=O) groups is 1. The van der Waals surface area contributed by atoms with Crippen molar-refractivity contribution in [2.45, 2.75) is 32.7 Å². The molecule has 0 heterocycles. The molecule has 1 aromatic carbocycles. The Hall–Kier alpha value is -1.51. The van der Waals surface area contributed by atoms with Crippen LogP contribution in [0.25, 0.3) is 0 Å². The highest BCUT2D eigenvalue weighted by Crippen LogP contribution is 2.12. The van der Waals surface area contributed by atoms with E-state index in [0.717, 1.165) is 12.8 Å². The Morgan fingerprint density at radius 3 is 2.75 bits per heavy atom. The molecule has 1 amide bonds. The summed E-state index contributed by atoms with van der Waals surface area (Å²) in [5.74, 6) is 0.0354. The minimum atomic E-state index is 0.0354. The van der Waals surface area contributed by atoms with Gasteiger partial charge in [-0.3, -0.25) is 4.79 Å². The van der Waals surface area contributed by atoms with E-state index in [9.17, 15) is 4.79 Å². The number of hydrogen-bond donors (Lipinski definition) is 1. The SMILES string of the molecule is CCCC(C)N(C)C(=O)c1cccc(N)c1. The van der Waals surface area contributed by atoms with Crippen molar-refractivity contribution in [3.8, 4) is 0 Å². The van der Waals surface area contributed by atoms with E-state index in [-0.39, 0.29) is 11.9 Å². The van der Waals surface area contributed by atoms with E-state index in [1.165, 1.54) is 0 Å². The zero-order valence-electron chi connectivity index (χ0n) is 10.2. The largest absolute Gasteiger partial charge is 0.399 e. The lowest BCUT2D eigenvalue weighted by atomic mass is 10.1. The van der Waals surface area contributed by atoms with Crippen molar-refractivity contribution in [2.75, 3.05) is 12.8 Å². The van der Waals surface area contributed by atoms with Gasteiger partial charge in [-0.25, -0.2) is 0 Å². The third-order valence-corrected chi connectivity index (χ3v) is 2.82. The van der Waals surface area contributed by atoms with Crippen molar-refractivity contribution >= 4 is 11.6 Å². The molecule has 0 spiro atoms. The molecular formula is C13H20N2O. The van der Waals surface area contributed by atoms with Crippen LogP contribution < -0.4 is 5.73 Å². The van der Waals surface area contributed by atoms with E-state index in [0.29, 0.717) is 11.3 Å². The number of amides is 1. The zero-order valence-corrected chi connectivity index (χ0v) is 10.2. The maximum absolute atomic E-state index is 12.1. The molecule has 0 aromatic heterocycles. The van der Waals surface area contributed by atoms with Crippen molar-refractivity contribution in [3.63, 3.8) is 0 Å². The molecule has 0 bridgehead atoms. The topological polar surface area (TPSA) is 46.3 Å². The number of hydrogen-bond acceptors (Lipinski definition) is 2. The van der Waals surface area contributed by atoms with E-state index in [1.54, 1.807) is 29.2 Å². The summed E-state index contributed by atoms with van der Waals surface area (Å²) in [7, 11) is 1.84. The number of carbonyl (C=O) groups excluding carboxylic acids is 1. The van der Waals surface area contributed by atoms with Crippen molar-refractivity contribution in [2.24, 2.45) is 0 Å². The third-order valence-electron chi connectivity index (χ3n) is 2.82. The average molecular weight is 220 g/mol. The first kappa shape index (κ1) is 12.6. The third kappa shape index (κ3) is 2.99. The fourth-order valence-electron chi connectivity index (χ4n) is 1.69. The Bertz CT molecular complexity index is 363. The highest BCUT2D eigenvalue weighted by atomic mass is 16.2. The molecule has 88 valence electrons. The summed E-state index contributed by atoms with van der Waals surface area (Å²) in [4.78, 5) is 13.9. The summed E-state index contributed by atoms with van der Waals surface area (Å²) < 4.78 is 0. The minimum absolute atomic E-state index is 0.0354. The molecule has 0 fully saturated rings. The maximum Gasteiger partial charge on any atom is 0.253 e. The van der Waals surface area contributed by atoms with Crippen molar-refractivity contribution in [1.29, 1.82) is 0 Å². The van der Waals surface area contributed by atoms with E-state index >= 15 is 0 Å². The second kappa shape index (κ2) is 5.54. The maximum atomic E-state index is 12.1. The summed E-state index contributed by atoms with van der Waals surface area (Å²) in [6.45, 7) is 4.18. The van der Waals surface area contributed by atoms with Crippen LogP contribution in [-0.4, -0.2) is 23.9 Å². The first-order valence-corrected chi connectivity index (χ1v) is 5.69. The monoisotopic (exact) mass is 220 g/mol. The number of nitrogens with two attached hydrogens (primary N) is 1. The van der Waals surface area contributed by atoms with Gasteiger partial charge in [-0.1, -0.05) is 19.4 Å². The molecule has 16 heavy (non-hydrogen) atoms. The summed E-state index contributed by atoms with van der Waals surface area (Å²) in [6, 6.07) is 7.37. The number of nitrogens with zero attached hydrogens (tertiary/aromatic N) is 1. The molecule has 0 aliphatic heterocycles. The highest BCUT2D eigenvalue weighted by Gasteiger charge is 2.16. The number of rotatable bonds is 4. The van der Waals surface area contributed by atoms with E-state index in [2.05, 4.69) is 13.8 Å². The predicted molar refractivity (Wildman–Crippen MR) is 67.3 cm³/mol. The van der Waals surface area contributed by atoms with Crippen LogP contribution in [0.15, 0.2) is 24.3 Å². The fraction of sp³-hybridized carbons (Fsp3) is 0.462. The van der Waals surface area contributed by atoms with Gasteiger partial charge < -0.3 is 10.6 Å². The molecule has 1 atom stereocenters. The van der Waals surface area contributed by atoms with Gasteiger partial charge in [-0.05, 0) is 31.5 Å². The van der Waals surface area contributed by atoms with E-state index in [1.807, 2.05) is 7.05 Å².